The average molecular weight is 434 g/mol. The van der Waals surface area contributed by atoms with E-state index >= 15 is 0 Å². The molecular weight excluding hydrogens is 408 g/mol. The molecule has 1 fully saturated rings. The van der Waals surface area contributed by atoms with Crippen molar-refractivity contribution in [3.63, 3.8) is 0 Å². The van der Waals surface area contributed by atoms with Crippen molar-refractivity contribution in [3.05, 3.63) is 59.7 Å². The van der Waals surface area contributed by atoms with Crippen molar-refractivity contribution in [2.45, 2.75) is 24.0 Å². The molecule has 3 rings (SSSR count). The lowest BCUT2D eigenvalue weighted by atomic mass is 10.1. The van der Waals surface area contributed by atoms with Gasteiger partial charge in [-0.1, -0.05) is 41.6 Å². The van der Waals surface area contributed by atoms with Gasteiger partial charge < -0.3 is 10.2 Å². The third kappa shape index (κ3) is 6.27. The molecule has 2 amide bonds. The van der Waals surface area contributed by atoms with E-state index in [0.29, 0.717) is 54.1 Å². The van der Waals surface area contributed by atoms with E-state index in [2.05, 4.69) is 5.32 Å². The van der Waals surface area contributed by atoms with Crippen LogP contribution in [0.4, 0.5) is 14.5 Å². The average Bonchev–Trinajstić information content (AvgIpc) is 2.94. The van der Waals surface area contributed by atoms with Crippen LogP contribution in [-0.4, -0.2) is 60.1 Å². The highest BCUT2D eigenvalue weighted by Gasteiger charge is 2.22. The molecule has 0 aromatic heterocycles. The molecule has 0 unspecified atom stereocenters. The number of para-hydroxylation sites is 1. The van der Waals surface area contributed by atoms with Crippen LogP contribution < -0.4 is 5.32 Å². The van der Waals surface area contributed by atoms with Crippen molar-refractivity contribution in [1.29, 1.82) is 0 Å². The van der Waals surface area contributed by atoms with Gasteiger partial charge in [0.25, 0.3) is 11.7 Å². The Balaban J connectivity index is 1.55. The fraction of sp³-hybridized carbons (Fsp3) is 0.364. The summed E-state index contributed by atoms with van der Waals surface area (Å²) in [4.78, 5) is 29.4. The molecule has 0 atom stereocenters. The molecule has 2 aromatic rings. The van der Waals surface area contributed by atoms with Gasteiger partial charge >= 0.3 is 0 Å². The molecule has 8 heteroatoms. The van der Waals surface area contributed by atoms with Crippen molar-refractivity contribution in [3.8, 4) is 0 Å². The number of hydrogen-bond donors (Lipinski definition) is 1. The number of thioether (sulfide) groups is 1. The summed E-state index contributed by atoms with van der Waals surface area (Å²) in [5.74, 6) is -2.80. The van der Waals surface area contributed by atoms with Gasteiger partial charge in [-0.15, -0.1) is 0 Å². The Kier molecular flexibility index (Phi) is 7.81. The van der Waals surface area contributed by atoms with Gasteiger partial charge in [-0.2, -0.15) is 8.78 Å². The Morgan fingerprint density at radius 2 is 1.87 bits per heavy atom. The summed E-state index contributed by atoms with van der Waals surface area (Å²) in [5.41, 5.74) is 2.10. The number of aryl methyl sites for hydroxylation is 1. The summed E-state index contributed by atoms with van der Waals surface area (Å²) in [5, 5.41) is 2.73. The Hall–Kier alpha value is -2.45. The minimum Gasteiger partial charge on any atom is -0.337 e. The van der Waals surface area contributed by atoms with Gasteiger partial charge in [-0.3, -0.25) is 14.5 Å². The first kappa shape index (κ1) is 22.2. The molecule has 0 aliphatic carbocycles. The number of rotatable bonds is 6. The molecule has 1 aliphatic heterocycles. The number of halogens is 2. The normalized spacial score (nSPS) is 15.1. The highest BCUT2D eigenvalue weighted by atomic mass is 32.2. The lowest BCUT2D eigenvalue weighted by Crippen LogP contribution is -2.38. The maximum atomic E-state index is 12.8. The van der Waals surface area contributed by atoms with Gasteiger partial charge in [0, 0.05) is 36.6 Å². The molecule has 2 aromatic carbocycles. The van der Waals surface area contributed by atoms with Crippen LogP contribution in [0.5, 0.6) is 0 Å². The number of carbonyl (C=O) groups is 2. The Labute approximate surface area is 179 Å². The molecule has 160 valence electrons. The third-order valence-corrected chi connectivity index (χ3v) is 5.67. The first-order chi connectivity index (χ1) is 14.4. The zero-order chi connectivity index (χ0) is 21.5. The standard InChI is InChI=1S/C22H25F2N3O2S/c1-16-6-4-7-17(14-16)21(29)27-11-5-10-26(12-13-27)15-20(28)25-18-8-2-3-9-19(18)30-22(23)24/h2-4,6-9,14,22H,5,10-13,15H2,1H3,(H,25,28). The summed E-state index contributed by atoms with van der Waals surface area (Å²) < 4.78 is 25.4. The molecule has 0 radical (unpaired) electrons. The van der Waals surface area contributed by atoms with Crippen LogP contribution in [0.25, 0.3) is 0 Å². The minimum absolute atomic E-state index is 0.00273. The number of hydrogen-bond acceptors (Lipinski definition) is 4. The number of carbonyl (C=O) groups excluding carboxylic acids is 2. The number of anilines is 1. The van der Waals surface area contributed by atoms with E-state index in [1.807, 2.05) is 41.0 Å². The second kappa shape index (κ2) is 10.5. The molecule has 1 aliphatic rings. The molecular formula is C22H25F2N3O2S. The van der Waals surface area contributed by atoms with E-state index < -0.39 is 5.76 Å². The lowest BCUT2D eigenvalue weighted by Gasteiger charge is -2.22. The Morgan fingerprint density at radius 3 is 2.63 bits per heavy atom. The molecule has 1 saturated heterocycles. The fourth-order valence-corrected chi connectivity index (χ4v) is 4.05. The maximum Gasteiger partial charge on any atom is 0.288 e. The zero-order valence-electron chi connectivity index (χ0n) is 16.8. The molecule has 1 heterocycles. The van der Waals surface area contributed by atoms with Crippen LogP contribution in [0.15, 0.2) is 53.4 Å². The van der Waals surface area contributed by atoms with Crippen LogP contribution in [0.3, 0.4) is 0 Å². The minimum atomic E-state index is -2.55. The number of nitrogens with zero attached hydrogens (tertiary/aromatic N) is 2. The van der Waals surface area contributed by atoms with Gasteiger partial charge in [0.1, 0.15) is 0 Å². The van der Waals surface area contributed by atoms with Crippen LogP contribution in [-0.2, 0) is 4.79 Å². The van der Waals surface area contributed by atoms with Crippen molar-refractivity contribution in [2.75, 3.05) is 38.0 Å². The summed E-state index contributed by atoms with van der Waals surface area (Å²) in [7, 11) is 0. The number of amides is 2. The van der Waals surface area contributed by atoms with Crippen LogP contribution in [0, 0.1) is 6.92 Å². The van der Waals surface area contributed by atoms with Gasteiger partial charge in [0.2, 0.25) is 5.91 Å². The lowest BCUT2D eigenvalue weighted by molar-refractivity contribution is -0.117. The predicted octanol–water partition coefficient (Wildman–Crippen LogP) is 4.10. The molecule has 1 N–H and O–H groups in total. The monoisotopic (exact) mass is 433 g/mol. The highest BCUT2D eigenvalue weighted by Crippen LogP contribution is 2.31. The SMILES string of the molecule is Cc1cccc(C(=O)N2CCCN(CC(=O)Nc3ccccc3SC(F)F)CC2)c1. The first-order valence-electron chi connectivity index (χ1n) is 9.84. The largest absolute Gasteiger partial charge is 0.337 e. The van der Waals surface area contributed by atoms with Crippen LogP contribution in [0.1, 0.15) is 22.3 Å². The van der Waals surface area contributed by atoms with E-state index in [1.54, 1.807) is 24.3 Å². The zero-order valence-corrected chi connectivity index (χ0v) is 17.6. The fourth-order valence-electron chi connectivity index (χ4n) is 3.45. The van der Waals surface area contributed by atoms with E-state index in [1.165, 1.54) is 0 Å². The number of benzene rings is 2. The van der Waals surface area contributed by atoms with Gasteiger partial charge in [0.05, 0.1) is 12.2 Å². The molecule has 0 saturated carbocycles. The summed E-state index contributed by atoms with van der Waals surface area (Å²) in [6.45, 7) is 4.56. The van der Waals surface area contributed by atoms with E-state index in [4.69, 9.17) is 0 Å². The Morgan fingerprint density at radius 1 is 1.07 bits per heavy atom. The van der Waals surface area contributed by atoms with Crippen molar-refractivity contribution < 1.29 is 18.4 Å². The van der Waals surface area contributed by atoms with Crippen molar-refractivity contribution >= 4 is 29.3 Å². The molecule has 0 spiro atoms. The number of alkyl halides is 2. The number of nitrogens with one attached hydrogen (secondary N) is 1. The quantitative estimate of drug-likeness (QED) is 0.697. The molecule has 5 nitrogen and oxygen atoms in total. The summed E-state index contributed by atoms with van der Waals surface area (Å²) >= 11 is 0.413. The summed E-state index contributed by atoms with van der Waals surface area (Å²) in [6, 6.07) is 14.1. The molecule has 0 bridgehead atoms. The summed E-state index contributed by atoms with van der Waals surface area (Å²) in [6.07, 6.45) is 0.767. The van der Waals surface area contributed by atoms with Crippen LogP contribution in [0.2, 0.25) is 0 Å². The second-order valence-electron chi connectivity index (χ2n) is 7.21. The Bertz CT molecular complexity index is 894. The van der Waals surface area contributed by atoms with E-state index in [0.717, 1.165) is 12.0 Å². The van der Waals surface area contributed by atoms with Crippen molar-refractivity contribution in [2.24, 2.45) is 0 Å². The van der Waals surface area contributed by atoms with E-state index in [9.17, 15) is 18.4 Å². The predicted molar refractivity (Wildman–Crippen MR) is 115 cm³/mol. The topological polar surface area (TPSA) is 52.7 Å². The van der Waals surface area contributed by atoms with Crippen molar-refractivity contribution in [1.82, 2.24) is 9.80 Å². The first-order valence-corrected chi connectivity index (χ1v) is 10.7. The van der Waals surface area contributed by atoms with Crippen LogP contribution >= 0.6 is 11.8 Å². The van der Waals surface area contributed by atoms with Gasteiger partial charge in [0.15, 0.2) is 0 Å². The maximum absolute atomic E-state index is 12.8. The highest BCUT2D eigenvalue weighted by molar-refractivity contribution is 7.99. The molecule has 30 heavy (non-hydrogen) atoms. The smallest absolute Gasteiger partial charge is 0.288 e. The van der Waals surface area contributed by atoms with Gasteiger partial charge in [-0.25, -0.2) is 0 Å². The third-order valence-electron chi connectivity index (χ3n) is 4.89. The second-order valence-corrected chi connectivity index (χ2v) is 8.25. The van der Waals surface area contributed by atoms with Gasteiger partial charge in [-0.05, 0) is 37.6 Å². The van der Waals surface area contributed by atoms with E-state index in [-0.39, 0.29) is 18.4 Å².